The highest BCUT2D eigenvalue weighted by atomic mass is 19.4. The average molecular weight is 532 g/mol. The number of nitriles is 1. The number of pyridine rings is 1. The van der Waals surface area contributed by atoms with Crippen molar-refractivity contribution >= 4 is 17.4 Å². The number of aromatic nitrogens is 3. The zero-order valence-corrected chi connectivity index (χ0v) is 20.7. The zero-order valence-electron chi connectivity index (χ0n) is 20.7. The van der Waals surface area contributed by atoms with Gasteiger partial charge >= 0.3 is 6.18 Å². The Morgan fingerprint density at radius 1 is 1.13 bits per heavy atom. The molecular formula is C25H28F3N7O3. The van der Waals surface area contributed by atoms with Gasteiger partial charge < -0.3 is 19.4 Å². The zero-order chi connectivity index (χ0) is 26.9. The van der Waals surface area contributed by atoms with E-state index in [1.54, 1.807) is 17.2 Å². The lowest BCUT2D eigenvalue weighted by atomic mass is 9.81. The van der Waals surface area contributed by atoms with Crippen molar-refractivity contribution < 1.29 is 22.7 Å². The van der Waals surface area contributed by atoms with E-state index in [9.17, 15) is 22.8 Å². The first-order chi connectivity index (χ1) is 18.2. The van der Waals surface area contributed by atoms with Gasteiger partial charge in [-0.3, -0.25) is 9.59 Å². The standard InChI is InChI=1S/C25H28F3N7O3/c26-25(27,28)22-20(13-31-32-23(22)36)35-4-3-17(14-35)15-38-19-9-18(10-19)24(37)34-7-5-33(6-8-34)21-2-1-16(11-29)12-30-21/h1-2,12-13,17-19H,3-10,14-15H2,(H,32,36)/t17?,18-,19+. The summed E-state index contributed by atoms with van der Waals surface area (Å²) in [6.07, 6.45) is -0.265. The normalized spacial score (nSPS) is 23.7. The number of hydrogen-bond donors (Lipinski definition) is 1. The molecule has 3 aliphatic rings. The molecule has 1 unspecified atom stereocenters. The third kappa shape index (κ3) is 5.45. The van der Waals surface area contributed by atoms with E-state index in [4.69, 9.17) is 10.00 Å². The molecule has 0 radical (unpaired) electrons. The predicted octanol–water partition coefficient (Wildman–Crippen LogP) is 2.03. The number of alkyl halides is 3. The van der Waals surface area contributed by atoms with Gasteiger partial charge in [-0.25, -0.2) is 10.1 Å². The predicted molar refractivity (Wildman–Crippen MR) is 130 cm³/mol. The summed E-state index contributed by atoms with van der Waals surface area (Å²) in [7, 11) is 0. The number of amides is 1. The van der Waals surface area contributed by atoms with Gasteiger partial charge in [-0.15, -0.1) is 0 Å². The van der Waals surface area contributed by atoms with Crippen molar-refractivity contribution in [1.29, 1.82) is 5.26 Å². The Hall–Kier alpha value is -3.66. The van der Waals surface area contributed by atoms with Crippen molar-refractivity contribution in [2.24, 2.45) is 11.8 Å². The number of carbonyl (C=O) groups is 1. The van der Waals surface area contributed by atoms with Crippen molar-refractivity contribution in [3.05, 3.63) is 46.0 Å². The SMILES string of the molecule is N#Cc1ccc(N2CCN(C(=O)[C@H]3C[C@@H](OCC4CCN(c5cn[nH]c(=O)c5C(F)(F)F)C4)C3)CC2)nc1. The molecule has 2 aromatic rings. The minimum atomic E-state index is -4.76. The molecule has 3 fully saturated rings. The summed E-state index contributed by atoms with van der Waals surface area (Å²) in [5.41, 5.74) is -2.15. The summed E-state index contributed by atoms with van der Waals surface area (Å²) in [6.45, 7) is 3.70. The number of halogens is 3. The first-order valence-corrected chi connectivity index (χ1v) is 12.6. The molecule has 1 saturated carbocycles. The van der Waals surface area contributed by atoms with Crippen LogP contribution in [0.15, 0.2) is 29.3 Å². The maximum atomic E-state index is 13.4. The van der Waals surface area contributed by atoms with E-state index in [-0.39, 0.29) is 29.5 Å². The second-order valence-corrected chi connectivity index (χ2v) is 10.0. The summed E-state index contributed by atoms with van der Waals surface area (Å²) in [4.78, 5) is 34.5. The fraction of sp³-hybridized carbons (Fsp3) is 0.560. The largest absolute Gasteiger partial charge is 0.423 e. The number of anilines is 2. The van der Waals surface area contributed by atoms with Gasteiger partial charge in [0.2, 0.25) is 5.91 Å². The summed E-state index contributed by atoms with van der Waals surface area (Å²) < 4.78 is 46.1. The number of H-pyrrole nitrogens is 1. The molecule has 2 saturated heterocycles. The number of aromatic amines is 1. The Morgan fingerprint density at radius 2 is 1.89 bits per heavy atom. The molecule has 1 aliphatic carbocycles. The molecule has 10 nitrogen and oxygen atoms in total. The van der Waals surface area contributed by atoms with Gasteiger partial charge in [-0.2, -0.15) is 23.5 Å². The Morgan fingerprint density at radius 3 is 2.55 bits per heavy atom. The Bertz CT molecular complexity index is 1250. The summed E-state index contributed by atoms with van der Waals surface area (Å²) in [6, 6.07) is 5.60. The van der Waals surface area contributed by atoms with Crippen LogP contribution in [0.4, 0.5) is 24.7 Å². The van der Waals surface area contributed by atoms with Crippen LogP contribution < -0.4 is 15.4 Å². The number of piperazine rings is 1. The highest BCUT2D eigenvalue weighted by molar-refractivity contribution is 5.80. The maximum absolute atomic E-state index is 13.4. The minimum Gasteiger partial charge on any atom is -0.378 e. The van der Waals surface area contributed by atoms with Gasteiger partial charge in [-0.05, 0) is 31.4 Å². The van der Waals surface area contributed by atoms with E-state index in [0.29, 0.717) is 70.7 Å². The van der Waals surface area contributed by atoms with E-state index < -0.39 is 17.3 Å². The molecule has 2 aromatic heterocycles. The van der Waals surface area contributed by atoms with Crippen molar-refractivity contribution in [2.45, 2.75) is 31.5 Å². The Kier molecular flexibility index (Phi) is 7.25. The van der Waals surface area contributed by atoms with E-state index >= 15 is 0 Å². The lowest BCUT2D eigenvalue weighted by Gasteiger charge is -2.41. The molecule has 202 valence electrons. The van der Waals surface area contributed by atoms with Crippen LogP contribution in [0.3, 0.4) is 0 Å². The third-order valence-electron chi connectivity index (χ3n) is 7.55. The van der Waals surface area contributed by atoms with Crippen LogP contribution in [-0.2, 0) is 15.7 Å². The van der Waals surface area contributed by atoms with Crippen LogP contribution in [-0.4, -0.2) is 78.0 Å². The number of nitrogens with one attached hydrogen (secondary N) is 1. The molecule has 1 atom stereocenters. The molecule has 38 heavy (non-hydrogen) atoms. The van der Waals surface area contributed by atoms with Crippen LogP contribution in [0.5, 0.6) is 0 Å². The fourth-order valence-corrected chi connectivity index (χ4v) is 5.32. The van der Waals surface area contributed by atoms with Gasteiger partial charge in [0.05, 0.1) is 30.2 Å². The molecule has 4 heterocycles. The summed E-state index contributed by atoms with van der Waals surface area (Å²) in [5, 5.41) is 14.3. The second-order valence-electron chi connectivity index (χ2n) is 10.0. The number of carbonyl (C=O) groups excluding carboxylic acids is 1. The number of rotatable bonds is 6. The van der Waals surface area contributed by atoms with Gasteiger partial charge in [0, 0.05) is 57.3 Å². The van der Waals surface area contributed by atoms with Crippen LogP contribution in [0, 0.1) is 23.2 Å². The second kappa shape index (κ2) is 10.6. The summed E-state index contributed by atoms with van der Waals surface area (Å²) >= 11 is 0. The van der Waals surface area contributed by atoms with Gasteiger partial charge in [0.15, 0.2) is 0 Å². The first-order valence-electron chi connectivity index (χ1n) is 12.6. The lowest BCUT2D eigenvalue weighted by Crippen LogP contribution is -2.53. The molecule has 1 N–H and O–H groups in total. The fourth-order valence-electron chi connectivity index (χ4n) is 5.32. The highest BCUT2D eigenvalue weighted by Crippen LogP contribution is 2.36. The van der Waals surface area contributed by atoms with Crippen molar-refractivity contribution in [3.63, 3.8) is 0 Å². The molecule has 2 aliphatic heterocycles. The van der Waals surface area contributed by atoms with Gasteiger partial charge in [-0.1, -0.05) is 0 Å². The van der Waals surface area contributed by atoms with Crippen LogP contribution in [0.1, 0.15) is 30.4 Å². The maximum Gasteiger partial charge on any atom is 0.423 e. The van der Waals surface area contributed by atoms with Gasteiger partial charge in [0.25, 0.3) is 5.56 Å². The lowest BCUT2D eigenvalue weighted by molar-refractivity contribution is -0.145. The van der Waals surface area contributed by atoms with Crippen molar-refractivity contribution in [2.75, 3.05) is 55.7 Å². The smallest absolute Gasteiger partial charge is 0.378 e. The van der Waals surface area contributed by atoms with Crippen molar-refractivity contribution in [1.82, 2.24) is 20.1 Å². The topological polar surface area (TPSA) is 118 Å². The quantitative estimate of drug-likeness (QED) is 0.602. The number of ether oxygens (including phenoxy) is 1. The van der Waals surface area contributed by atoms with E-state index in [0.717, 1.165) is 12.0 Å². The Labute approximate surface area is 217 Å². The van der Waals surface area contributed by atoms with Crippen LogP contribution in [0.25, 0.3) is 0 Å². The summed E-state index contributed by atoms with van der Waals surface area (Å²) in [5.74, 6) is 0.889. The van der Waals surface area contributed by atoms with E-state index in [1.807, 2.05) is 16.1 Å². The van der Waals surface area contributed by atoms with E-state index in [2.05, 4.69) is 21.1 Å². The Balaban J connectivity index is 1.04. The molecular weight excluding hydrogens is 503 g/mol. The number of hydrogen-bond acceptors (Lipinski definition) is 8. The molecule has 1 amide bonds. The minimum absolute atomic E-state index is 0.0332. The highest BCUT2D eigenvalue weighted by Gasteiger charge is 2.41. The molecule has 0 bridgehead atoms. The van der Waals surface area contributed by atoms with E-state index in [1.165, 1.54) is 0 Å². The van der Waals surface area contributed by atoms with Crippen molar-refractivity contribution in [3.8, 4) is 6.07 Å². The molecule has 0 aromatic carbocycles. The van der Waals surface area contributed by atoms with Gasteiger partial charge in [0.1, 0.15) is 17.5 Å². The first kappa shape index (κ1) is 26.0. The number of nitrogens with zero attached hydrogens (tertiary/aromatic N) is 6. The average Bonchev–Trinajstić information content (AvgIpc) is 3.36. The third-order valence-corrected chi connectivity index (χ3v) is 7.55. The molecule has 0 spiro atoms. The monoisotopic (exact) mass is 531 g/mol. The molecule has 13 heteroatoms. The van der Waals surface area contributed by atoms with Crippen LogP contribution >= 0.6 is 0 Å². The molecule has 5 rings (SSSR count). The van der Waals surface area contributed by atoms with Crippen LogP contribution in [0.2, 0.25) is 0 Å².